The molecule has 3 atom stereocenters. The summed E-state index contributed by atoms with van der Waals surface area (Å²) in [5.41, 5.74) is 3.07. The van der Waals surface area contributed by atoms with Gasteiger partial charge in [-0.1, -0.05) is 35.5 Å². The summed E-state index contributed by atoms with van der Waals surface area (Å²) in [5, 5.41) is 0. The van der Waals surface area contributed by atoms with E-state index in [2.05, 4.69) is 45.1 Å². The first-order valence-corrected chi connectivity index (χ1v) is 6.64. The lowest BCUT2D eigenvalue weighted by Crippen LogP contribution is -2.07. The van der Waals surface area contributed by atoms with Gasteiger partial charge in [0.2, 0.25) is 0 Å². The molecule has 0 aromatic rings. The molecular weight excluding hydrogens is 192 g/mol. The Bertz CT molecular complexity index is 326. The second-order valence-corrected chi connectivity index (χ2v) is 5.68. The van der Waals surface area contributed by atoms with E-state index < -0.39 is 0 Å². The molecule has 0 saturated heterocycles. The Morgan fingerprint density at radius 2 is 2.06 bits per heavy atom. The first kappa shape index (κ1) is 11.7. The van der Waals surface area contributed by atoms with Crippen LogP contribution >= 0.6 is 0 Å². The molecule has 3 unspecified atom stereocenters. The Morgan fingerprint density at radius 3 is 2.56 bits per heavy atom. The molecular formula is C16H24. The zero-order valence-electron chi connectivity index (χ0n) is 10.9. The first-order chi connectivity index (χ1) is 7.69. The van der Waals surface area contributed by atoms with Gasteiger partial charge in [0.1, 0.15) is 0 Å². The monoisotopic (exact) mass is 216 g/mol. The zero-order valence-corrected chi connectivity index (χ0v) is 10.9. The van der Waals surface area contributed by atoms with Crippen LogP contribution in [0.4, 0.5) is 0 Å². The van der Waals surface area contributed by atoms with Gasteiger partial charge >= 0.3 is 0 Å². The molecule has 0 aromatic heterocycles. The summed E-state index contributed by atoms with van der Waals surface area (Å²) in [7, 11) is 0. The van der Waals surface area contributed by atoms with Crippen molar-refractivity contribution in [1.29, 1.82) is 0 Å². The van der Waals surface area contributed by atoms with E-state index in [4.69, 9.17) is 0 Å². The maximum Gasteiger partial charge on any atom is -0.0136 e. The van der Waals surface area contributed by atoms with Crippen LogP contribution in [0.1, 0.15) is 46.5 Å². The third kappa shape index (κ3) is 2.66. The van der Waals surface area contributed by atoms with Crippen molar-refractivity contribution < 1.29 is 0 Å². The molecule has 2 rings (SSSR count). The minimum atomic E-state index is 0.895. The van der Waals surface area contributed by atoms with Crippen molar-refractivity contribution in [2.75, 3.05) is 0 Å². The van der Waals surface area contributed by atoms with Gasteiger partial charge in [-0.25, -0.2) is 0 Å². The summed E-state index contributed by atoms with van der Waals surface area (Å²) in [5.74, 6) is 2.75. The minimum Gasteiger partial charge on any atom is -0.0881 e. The third-order valence-corrected chi connectivity index (χ3v) is 4.12. The highest BCUT2D eigenvalue weighted by atomic mass is 14.4. The van der Waals surface area contributed by atoms with Gasteiger partial charge in [0, 0.05) is 0 Å². The average molecular weight is 216 g/mol. The molecule has 0 spiro atoms. The molecule has 2 aliphatic carbocycles. The largest absolute Gasteiger partial charge is 0.0881 e. The number of hydrogen-bond donors (Lipinski definition) is 0. The van der Waals surface area contributed by atoms with Gasteiger partial charge in [-0.05, 0) is 64.2 Å². The number of hydrogen-bond acceptors (Lipinski definition) is 0. The summed E-state index contributed by atoms with van der Waals surface area (Å²) in [4.78, 5) is 0. The van der Waals surface area contributed by atoms with Crippen LogP contribution in [0.3, 0.4) is 0 Å². The van der Waals surface area contributed by atoms with Crippen molar-refractivity contribution in [1.82, 2.24) is 0 Å². The van der Waals surface area contributed by atoms with Crippen LogP contribution in [0.2, 0.25) is 0 Å². The second kappa shape index (κ2) is 5.03. The molecule has 0 radical (unpaired) electrons. The van der Waals surface area contributed by atoms with Gasteiger partial charge in [0.25, 0.3) is 0 Å². The Morgan fingerprint density at radius 1 is 1.25 bits per heavy atom. The van der Waals surface area contributed by atoms with Crippen molar-refractivity contribution in [3.05, 3.63) is 35.5 Å². The highest BCUT2D eigenvalue weighted by molar-refractivity contribution is 5.15. The lowest BCUT2D eigenvalue weighted by molar-refractivity contribution is 0.441. The normalized spacial score (nSPS) is 32.2. The van der Waals surface area contributed by atoms with Crippen LogP contribution in [0.15, 0.2) is 35.5 Å². The van der Waals surface area contributed by atoms with Crippen molar-refractivity contribution in [2.45, 2.75) is 46.5 Å². The van der Waals surface area contributed by atoms with Crippen LogP contribution in [-0.4, -0.2) is 0 Å². The lowest BCUT2D eigenvalue weighted by atomic mass is 9.86. The van der Waals surface area contributed by atoms with Crippen molar-refractivity contribution in [2.24, 2.45) is 17.8 Å². The molecule has 0 aliphatic heterocycles. The topological polar surface area (TPSA) is 0 Å². The van der Waals surface area contributed by atoms with Crippen LogP contribution in [-0.2, 0) is 0 Å². The molecule has 0 amide bonds. The van der Waals surface area contributed by atoms with Crippen LogP contribution in [0, 0.1) is 17.8 Å². The number of rotatable bonds is 4. The molecule has 0 N–H and O–H groups in total. The van der Waals surface area contributed by atoms with Crippen LogP contribution in [0.25, 0.3) is 0 Å². The SMILES string of the molecule is CC=C(CC=C(C)C)CC1CC2C=CC1C2. The highest BCUT2D eigenvalue weighted by Crippen LogP contribution is 2.46. The van der Waals surface area contributed by atoms with E-state index in [-0.39, 0.29) is 0 Å². The molecule has 1 saturated carbocycles. The van der Waals surface area contributed by atoms with Gasteiger partial charge in [0.05, 0.1) is 0 Å². The van der Waals surface area contributed by atoms with Crippen molar-refractivity contribution in [3.63, 3.8) is 0 Å². The number of fused-ring (bicyclic) bond motifs is 2. The zero-order chi connectivity index (χ0) is 11.5. The Labute approximate surface area is 100 Å². The van der Waals surface area contributed by atoms with E-state index in [9.17, 15) is 0 Å². The summed E-state index contributed by atoms with van der Waals surface area (Å²) in [6.07, 6.45) is 15.0. The lowest BCUT2D eigenvalue weighted by Gasteiger charge is -2.19. The predicted molar refractivity (Wildman–Crippen MR) is 71.3 cm³/mol. The molecule has 0 heteroatoms. The summed E-state index contributed by atoms with van der Waals surface area (Å²) in [6.45, 7) is 6.57. The van der Waals surface area contributed by atoms with Crippen LogP contribution < -0.4 is 0 Å². The summed E-state index contributed by atoms with van der Waals surface area (Å²) < 4.78 is 0. The predicted octanol–water partition coefficient (Wildman–Crippen LogP) is 4.89. The van der Waals surface area contributed by atoms with E-state index in [0.29, 0.717) is 0 Å². The third-order valence-electron chi connectivity index (χ3n) is 4.12. The minimum absolute atomic E-state index is 0.895. The second-order valence-electron chi connectivity index (χ2n) is 5.68. The standard InChI is InChI=1S/C16H24/c1-4-13(6-5-12(2)3)9-16-11-14-7-8-15(16)10-14/h4-5,7-8,14-16H,6,9-11H2,1-3H3. The van der Waals surface area contributed by atoms with Gasteiger partial charge in [-0.2, -0.15) is 0 Å². The van der Waals surface area contributed by atoms with Crippen molar-refractivity contribution >= 4 is 0 Å². The van der Waals surface area contributed by atoms with Gasteiger partial charge in [-0.3, -0.25) is 0 Å². The molecule has 16 heavy (non-hydrogen) atoms. The van der Waals surface area contributed by atoms with Gasteiger partial charge in [-0.15, -0.1) is 0 Å². The molecule has 2 bridgehead atoms. The van der Waals surface area contributed by atoms with E-state index in [1.807, 2.05) is 0 Å². The Balaban J connectivity index is 1.88. The van der Waals surface area contributed by atoms with Gasteiger partial charge in [0.15, 0.2) is 0 Å². The smallest absolute Gasteiger partial charge is 0.0136 e. The van der Waals surface area contributed by atoms with E-state index >= 15 is 0 Å². The summed E-state index contributed by atoms with van der Waals surface area (Å²) >= 11 is 0. The molecule has 88 valence electrons. The maximum absolute atomic E-state index is 2.47. The van der Waals surface area contributed by atoms with Crippen molar-refractivity contribution in [3.8, 4) is 0 Å². The molecule has 1 fully saturated rings. The maximum atomic E-state index is 2.47. The summed E-state index contributed by atoms with van der Waals surface area (Å²) in [6, 6.07) is 0. The fraction of sp³-hybridized carbons (Fsp3) is 0.625. The quantitative estimate of drug-likeness (QED) is 0.587. The first-order valence-electron chi connectivity index (χ1n) is 6.64. The Kier molecular flexibility index (Phi) is 3.68. The van der Waals surface area contributed by atoms with E-state index in [1.54, 1.807) is 5.57 Å². The average Bonchev–Trinajstić information content (AvgIpc) is 2.85. The molecule has 2 aliphatic rings. The molecule has 0 heterocycles. The van der Waals surface area contributed by atoms with Crippen LogP contribution in [0.5, 0.6) is 0 Å². The fourth-order valence-electron chi connectivity index (χ4n) is 3.12. The molecule has 0 aromatic carbocycles. The van der Waals surface area contributed by atoms with E-state index in [0.717, 1.165) is 24.2 Å². The Hall–Kier alpha value is -0.780. The van der Waals surface area contributed by atoms with Gasteiger partial charge < -0.3 is 0 Å². The highest BCUT2D eigenvalue weighted by Gasteiger charge is 2.35. The van der Waals surface area contributed by atoms with E-state index in [1.165, 1.54) is 24.8 Å². The number of allylic oxidation sites excluding steroid dienone is 6. The fourth-order valence-corrected chi connectivity index (χ4v) is 3.12. The molecule has 0 nitrogen and oxygen atoms in total.